The summed E-state index contributed by atoms with van der Waals surface area (Å²) in [6.07, 6.45) is 0.886. The lowest BCUT2D eigenvalue weighted by atomic mass is 10.0. The number of hydrogen-bond donors (Lipinski definition) is 3. The Kier molecular flexibility index (Phi) is 6.58. The minimum absolute atomic E-state index is 0.198. The molecule has 4 nitrogen and oxygen atoms in total. The normalized spacial score (nSPS) is 13.8. The first-order valence-electron chi connectivity index (χ1n) is 6.65. The molecule has 0 bridgehead atoms. The Labute approximate surface area is 125 Å². The molecule has 0 fully saturated rings. The molecule has 1 unspecified atom stereocenters. The maximum absolute atomic E-state index is 12.0. The van der Waals surface area contributed by atoms with E-state index >= 15 is 0 Å². The lowest BCUT2D eigenvalue weighted by Gasteiger charge is -2.19. The van der Waals surface area contributed by atoms with Crippen LogP contribution in [0, 0.1) is 5.92 Å². The van der Waals surface area contributed by atoms with Crippen molar-refractivity contribution in [2.24, 2.45) is 5.92 Å². The van der Waals surface area contributed by atoms with Crippen LogP contribution in [0.4, 0.5) is 0 Å². The van der Waals surface area contributed by atoms with Gasteiger partial charge in [0, 0.05) is 0 Å². The molecule has 20 heavy (non-hydrogen) atoms. The highest BCUT2D eigenvalue weighted by Crippen LogP contribution is 2.10. The number of thiol groups is 1. The molecule has 0 saturated carbocycles. The average Bonchev–Trinajstić information content (AvgIpc) is 2.38. The number of rotatable bonds is 7. The summed E-state index contributed by atoms with van der Waals surface area (Å²) in [5.74, 6) is -1.15. The molecular formula is C15H21NO3S. The van der Waals surface area contributed by atoms with Crippen molar-refractivity contribution in [3.05, 3.63) is 35.9 Å². The number of carbonyl (C=O) groups excluding carboxylic acids is 1. The van der Waals surface area contributed by atoms with Crippen molar-refractivity contribution in [3.8, 4) is 0 Å². The van der Waals surface area contributed by atoms with Gasteiger partial charge >= 0.3 is 5.97 Å². The molecule has 1 aromatic rings. The van der Waals surface area contributed by atoms with Gasteiger partial charge in [-0.3, -0.25) is 4.79 Å². The molecule has 2 atom stereocenters. The second-order valence-corrected chi connectivity index (χ2v) is 5.86. The quantitative estimate of drug-likeness (QED) is 0.675. The van der Waals surface area contributed by atoms with Crippen LogP contribution < -0.4 is 5.32 Å². The van der Waals surface area contributed by atoms with E-state index in [1.807, 2.05) is 44.2 Å². The lowest BCUT2D eigenvalue weighted by Crippen LogP contribution is -2.45. The van der Waals surface area contributed by atoms with E-state index in [0.717, 1.165) is 5.56 Å². The Bertz CT molecular complexity index is 448. The zero-order chi connectivity index (χ0) is 15.1. The molecule has 0 heterocycles. The molecule has 5 heteroatoms. The summed E-state index contributed by atoms with van der Waals surface area (Å²) < 4.78 is 0. The predicted molar refractivity (Wildman–Crippen MR) is 81.9 cm³/mol. The van der Waals surface area contributed by atoms with Crippen molar-refractivity contribution in [2.45, 2.75) is 38.0 Å². The molecule has 0 aliphatic heterocycles. The highest BCUT2D eigenvalue weighted by Gasteiger charge is 2.24. The third-order valence-electron chi connectivity index (χ3n) is 2.90. The van der Waals surface area contributed by atoms with Crippen LogP contribution in [0.25, 0.3) is 0 Å². The second-order valence-electron chi connectivity index (χ2n) is 5.23. The number of carboxylic acids is 1. The van der Waals surface area contributed by atoms with E-state index in [0.29, 0.717) is 12.8 Å². The van der Waals surface area contributed by atoms with Gasteiger partial charge in [0.05, 0.1) is 5.25 Å². The number of nitrogens with one attached hydrogen (secondary N) is 1. The van der Waals surface area contributed by atoms with Crippen molar-refractivity contribution in [1.82, 2.24) is 5.32 Å². The maximum atomic E-state index is 12.0. The molecular weight excluding hydrogens is 274 g/mol. The summed E-state index contributed by atoms with van der Waals surface area (Å²) in [5.41, 5.74) is 0.999. The highest BCUT2D eigenvalue weighted by atomic mass is 32.1. The van der Waals surface area contributed by atoms with E-state index < -0.39 is 17.3 Å². The summed E-state index contributed by atoms with van der Waals surface area (Å²) in [5, 5.41) is 11.1. The molecule has 0 spiro atoms. The molecule has 0 aromatic heterocycles. The number of aliphatic carboxylic acids is 1. The topological polar surface area (TPSA) is 66.4 Å². The molecule has 1 aromatic carbocycles. The molecule has 0 aliphatic rings. The first-order valence-corrected chi connectivity index (χ1v) is 7.17. The Balaban J connectivity index is 2.57. The van der Waals surface area contributed by atoms with Crippen LogP contribution in [-0.2, 0) is 16.0 Å². The first-order chi connectivity index (χ1) is 9.40. The fourth-order valence-corrected chi connectivity index (χ4v) is 2.18. The van der Waals surface area contributed by atoms with Crippen LogP contribution in [0.15, 0.2) is 30.3 Å². The third kappa shape index (κ3) is 5.65. The zero-order valence-corrected chi connectivity index (χ0v) is 12.6. The number of amides is 1. The van der Waals surface area contributed by atoms with Crippen LogP contribution in [0.3, 0.4) is 0 Å². The number of benzene rings is 1. The van der Waals surface area contributed by atoms with Gasteiger partial charge in [0.1, 0.15) is 6.04 Å². The summed E-state index contributed by atoms with van der Waals surface area (Å²) in [6, 6.07) is 8.67. The molecule has 1 rings (SSSR count). The summed E-state index contributed by atoms with van der Waals surface area (Å²) in [4.78, 5) is 23.1. The van der Waals surface area contributed by atoms with Crippen LogP contribution in [0.2, 0.25) is 0 Å². The number of carboxylic acid groups (broad SMARTS) is 1. The Morgan fingerprint density at radius 1 is 1.25 bits per heavy atom. The number of carbonyl (C=O) groups is 2. The van der Waals surface area contributed by atoms with Crippen molar-refractivity contribution in [1.29, 1.82) is 0 Å². The Morgan fingerprint density at radius 3 is 2.35 bits per heavy atom. The molecule has 0 radical (unpaired) electrons. The van der Waals surface area contributed by atoms with Crippen LogP contribution >= 0.6 is 12.6 Å². The molecule has 2 N–H and O–H groups in total. The Hall–Kier alpha value is -1.49. The zero-order valence-electron chi connectivity index (χ0n) is 11.7. The van der Waals surface area contributed by atoms with Crippen molar-refractivity contribution >= 4 is 24.5 Å². The average molecular weight is 295 g/mol. The van der Waals surface area contributed by atoms with Gasteiger partial charge in [0.25, 0.3) is 0 Å². The van der Waals surface area contributed by atoms with Crippen molar-refractivity contribution < 1.29 is 14.7 Å². The van der Waals surface area contributed by atoms with E-state index in [2.05, 4.69) is 17.9 Å². The first kappa shape index (κ1) is 16.6. The van der Waals surface area contributed by atoms with Gasteiger partial charge in [0.2, 0.25) is 5.91 Å². The van der Waals surface area contributed by atoms with E-state index in [1.54, 1.807) is 0 Å². The summed E-state index contributed by atoms with van der Waals surface area (Å²) in [7, 11) is 0. The van der Waals surface area contributed by atoms with Crippen LogP contribution in [-0.4, -0.2) is 28.3 Å². The monoisotopic (exact) mass is 295 g/mol. The van der Waals surface area contributed by atoms with Crippen LogP contribution in [0.1, 0.15) is 25.8 Å². The smallest absolute Gasteiger partial charge is 0.326 e. The van der Waals surface area contributed by atoms with Gasteiger partial charge in [-0.1, -0.05) is 44.2 Å². The van der Waals surface area contributed by atoms with E-state index in [1.165, 1.54) is 0 Å². The minimum Gasteiger partial charge on any atom is -0.480 e. The highest BCUT2D eigenvalue weighted by molar-refractivity contribution is 7.81. The van der Waals surface area contributed by atoms with Gasteiger partial charge in [-0.25, -0.2) is 4.79 Å². The maximum Gasteiger partial charge on any atom is 0.326 e. The van der Waals surface area contributed by atoms with Gasteiger partial charge in [-0.05, 0) is 24.3 Å². The van der Waals surface area contributed by atoms with E-state index in [4.69, 9.17) is 5.11 Å². The minimum atomic E-state index is -1.01. The van der Waals surface area contributed by atoms with Gasteiger partial charge in [-0.2, -0.15) is 12.6 Å². The predicted octanol–water partition coefficient (Wildman–Crippen LogP) is 2.14. The molecule has 110 valence electrons. The largest absolute Gasteiger partial charge is 0.480 e. The standard InChI is InChI=1S/C15H21NO3S/c1-10(2)8-12(15(18)19)16-14(17)13(20)9-11-6-4-3-5-7-11/h3-7,10,12-13,20H,8-9H2,1-2H3,(H,16,17)(H,18,19)/t12-,13?/m1/s1. The molecule has 0 saturated heterocycles. The van der Waals surface area contributed by atoms with Crippen molar-refractivity contribution in [2.75, 3.05) is 0 Å². The number of hydrogen-bond acceptors (Lipinski definition) is 3. The van der Waals surface area contributed by atoms with Crippen LogP contribution in [0.5, 0.6) is 0 Å². The van der Waals surface area contributed by atoms with Gasteiger partial charge < -0.3 is 10.4 Å². The fourth-order valence-electron chi connectivity index (χ4n) is 1.89. The van der Waals surface area contributed by atoms with E-state index in [-0.39, 0.29) is 11.8 Å². The van der Waals surface area contributed by atoms with Gasteiger partial charge in [0.15, 0.2) is 0 Å². The third-order valence-corrected chi connectivity index (χ3v) is 3.31. The summed E-state index contributed by atoms with van der Waals surface area (Å²) in [6.45, 7) is 3.84. The molecule has 1 amide bonds. The summed E-state index contributed by atoms with van der Waals surface area (Å²) >= 11 is 4.27. The van der Waals surface area contributed by atoms with E-state index in [9.17, 15) is 9.59 Å². The fraction of sp³-hybridized carbons (Fsp3) is 0.467. The second kappa shape index (κ2) is 7.94. The van der Waals surface area contributed by atoms with Crippen molar-refractivity contribution in [3.63, 3.8) is 0 Å². The lowest BCUT2D eigenvalue weighted by molar-refractivity contribution is -0.142. The van der Waals surface area contributed by atoms with Gasteiger partial charge in [-0.15, -0.1) is 0 Å². The Morgan fingerprint density at radius 2 is 1.85 bits per heavy atom. The SMILES string of the molecule is CC(C)C[C@@H](NC(=O)C(S)Cc1ccccc1)C(=O)O. The molecule has 0 aliphatic carbocycles.